The van der Waals surface area contributed by atoms with Gasteiger partial charge in [0.2, 0.25) is 0 Å². The van der Waals surface area contributed by atoms with Crippen molar-refractivity contribution in [2.24, 2.45) is 5.73 Å². The van der Waals surface area contributed by atoms with E-state index in [1.807, 2.05) is 0 Å². The molecule has 0 aliphatic rings. The molecular formula is C23H60N3O18P3Si3. The van der Waals surface area contributed by atoms with Crippen LogP contribution in [0.2, 0.25) is 24.7 Å². The highest BCUT2D eigenvalue weighted by Crippen LogP contribution is 2.40. The van der Waals surface area contributed by atoms with Gasteiger partial charge in [0.25, 0.3) is 0 Å². The fourth-order valence-electron chi connectivity index (χ4n) is 4.26. The van der Waals surface area contributed by atoms with Gasteiger partial charge in [-0.3, -0.25) is 18.6 Å². The number of nitrogens with one attached hydrogen (secondary N) is 1. The minimum absolute atomic E-state index is 0.0182. The molecule has 21 nitrogen and oxygen atoms in total. The van der Waals surface area contributed by atoms with Crippen molar-refractivity contribution in [3.8, 4) is 0 Å². The zero-order valence-electron chi connectivity index (χ0n) is 29.7. The Labute approximate surface area is 298 Å². The molecule has 50 heavy (non-hydrogen) atoms. The number of rotatable bonds is 34. The van der Waals surface area contributed by atoms with Crippen LogP contribution in [0.15, 0.2) is 0 Å². The van der Waals surface area contributed by atoms with Crippen LogP contribution in [0.1, 0.15) is 19.3 Å². The molecule has 0 spiro atoms. The molecule has 0 rings (SSSR count). The molecule has 0 bridgehead atoms. The summed E-state index contributed by atoms with van der Waals surface area (Å²) in [7, 11) is -17.6. The van der Waals surface area contributed by atoms with Gasteiger partial charge in [-0.25, -0.2) is 0 Å². The quantitative estimate of drug-likeness (QED) is 0.0241. The van der Waals surface area contributed by atoms with Crippen molar-refractivity contribution in [3.63, 3.8) is 0 Å². The SMILES string of the molecule is CO[Si](C)(CCOCCCN(CP(=O)(O)O)CP(=O)(O)O)O[Si](CCOCCCNCP(=O)(O)O)(OC)O[Si](CCOCCCN)(OC)OC. The van der Waals surface area contributed by atoms with E-state index >= 15 is 0 Å². The third-order valence-electron chi connectivity index (χ3n) is 6.84. The lowest BCUT2D eigenvalue weighted by Crippen LogP contribution is -2.62. The standard InChI is InChI=1S/C23H60N3O18P3Si3/c1-36-48(5,18-15-42-14-8-11-26(22-46(30,31)32)23-47(33,34)35)43-50(39-4,20-17-41-13-7-10-25-21-45(27,28)29)44-49(37-2,38-3)19-16-40-12-6-9-24/h25H,6-24H2,1-5H3,(H2,27,28,29)(H2,30,31,32)(H2,33,34,35). The van der Waals surface area contributed by atoms with Crippen LogP contribution in [0.5, 0.6) is 0 Å². The van der Waals surface area contributed by atoms with E-state index < -0.39 is 67.8 Å². The molecule has 27 heteroatoms. The average Bonchev–Trinajstić information content (AvgIpc) is 3.01. The summed E-state index contributed by atoms with van der Waals surface area (Å²) in [6, 6.07) is 0.771. The lowest BCUT2D eigenvalue weighted by Gasteiger charge is -2.40. The predicted molar refractivity (Wildman–Crippen MR) is 189 cm³/mol. The van der Waals surface area contributed by atoms with Crippen molar-refractivity contribution >= 4 is 49.0 Å². The normalized spacial score (nSPS) is 15.8. The van der Waals surface area contributed by atoms with Gasteiger partial charge < -0.3 is 80.6 Å². The monoisotopic (exact) mass is 843 g/mol. The molecule has 0 aromatic heterocycles. The van der Waals surface area contributed by atoms with Crippen molar-refractivity contribution in [1.82, 2.24) is 10.2 Å². The van der Waals surface area contributed by atoms with Crippen LogP contribution in [0.4, 0.5) is 0 Å². The van der Waals surface area contributed by atoms with Crippen LogP contribution in [0, 0.1) is 0 Å². The van der Waals surface area contributed by atoms with E-state index in [4.69, 9.17) is 55.7 Å². The van der Waals surface area contributed by atoms with Gasteiger partial charge in [-0.1, -0.05) is 0 Å². The van der Waals surface area contributed by atoms with E-state index in [1.54, 1.807) is 6.55 Å². The second-order valence-electron chi connectivity index (χ2n) is 11.3. The molecule has 0 amide bonds. The highest BCUT2D eigenvalue weighted by Gasteiger charge is 2.55. The highest BCUT2D eigenvalue weighted by atomic mass is 31.2. The summed E-state index contributed by atoms with van der Waals surface area (Å²) >= 11 is 0. The smallest absolute Gasteiger partial charge is 0.398 e. The molecule has 2 atom stereocenters. The summed E-state index contributed by atoms with van der Waals surface area (Å²) in [6.45, 7) is 4.03. The van der Waals surface area contributed by atoms with Gasteiger partial charge in [0.15, 0.2) is 0 Å². The van der Waals surface area contributed by atoms with E-state index in [0.29, 0.717) is 38.6 Å². The zero-order chi connectivity index (χ0) is 38.4. The van der Waals surface area contributed by atoms with E-state index in [1.165, 1.54) is 28.4 Å². The molecule has 0 saturated heterocycles. The second kappa shape index (κ2) is 25.7. The lowest BCUT2D eigenvalue weighted by molar-refractivity contribution is 0.0707. The maximum atomic E-state index is 11.4. The Hall–Kier alpha value is 0.621. The van der Waals surface area contributed by atoms with Crippen LogP contribution in [-0.2, 0) is 53.8 Å². The largest absolute Gasteiger partial charge is 0.495 e. The molecule has 0 saturated carbocycles. The van der Waals surface area contributed by atoms with Crippen LogP contribution < -0.4 is 11.1 Å². The number of ether oxygens (including phenoxy) is 3. The van der Waals surface area contributed by atoms with Gasteiger partial charge in [0, 0.05) is 79.5 Å². The molecule has 9 N–H and O–H groups in total. The zero-order valence-corrected chi connectivity index (χ0v) is 35.4. The van der Waals surface area contributed by atoms with Crippen molar-refractivity contribution in [1.29, 1.82) is 0 Å². The number of nitrogens with zero attached hydrogens (tertiary/aromatic N) is 1. The summed E-state index contributed by atoms with van der Waals surface area (Å²) in [5, 5.41) is 2.67. The molecular weight excluding hydrogens is 783 g/mol. The highest BCUT2D eigenvalue weighted by molar-refractivity contribution is 7.52. The van der Waals surface area contributed by atoms with E-state index in [0.717, 1.165) is 4.90 Å². The van der Waals surface area contributed by atoms with Crippen LogP contribution in [0.3, 0.4) is 0 Å². The van der Waals surface area contributed by atoms with Gasteiger partial charge in [-0.05, 0) is 38.9 Å². The predicted octanol–water partition coefficient (Wildman–Crippen LogP) is 0.0310. The molecule has 0 aromatic carbocycles. The summed E-state index contributed by atoms with van der Waals surface area (Å²) in [5.41, 5.74) is 5.55. The van der Waals surface area contributed by atoms with Crippen molar-refractivity contribution in [3.05, 3.63) is 0 Å². The Balaban J connectivity index is 5.58. The number of hydrogen-bond donors (Lipinski definition) is 8. The minimum atomic E-state index is -4.54. The molecule has 0 aromatic rings. The first-order valence-electron chi connectivity index (χ1n) is 15.8. The summed E-state index contributed by atoms with van der Waals surface area (Å²) in [6.07, 6.45) is -0.622. The first kappa shape index (κ1) is 50.6. The van der Waals surface area contributed by atoms with Gasteiger partial charge in [-0.2, -0.15) is 0 Å². The maximum Gasteiger partial charge on any atom is 0.495 e. The van der Waals surface area contributed by atoms with Crippen molar-refractivity contribution in [2.45, 2.75) is 43.9 Å². The summed E-state index contributed by atoms with van der Waals surface area (Å²) in [4.78, 5) is 56.0. The van der Waals surface area contributed by atoms with Gasteiger partial charge in [0.05, 0.1) is 19.5 Å². The Kier molecular flexibility index (Phi) is 26.0. The number of hydrogen-bond acceptors (Lipinski definition) is 15. The third-order valence-corrected chi connectivity index (χ3v) is 19.9. The molecule has 2 unspecified atom stereocenters. The fraction of sp³-hybridized carbons (Fsp3) is 1.00. The molecule has 0 aliphatic carbocycles. The Bertz CT molecular complexity index is 1020. The van der Waals surface area contributed by atoms with E-state index in [9.17, 15) is 33.3 Å². The van der Waals surface area contributed by atoms with Crippen LogP contribution in [0.25, 0.3) is 0 Å². The Morgan fingerprint density at radius 3 is 1.56 bits per heavy atom. The summed E-state index contributed by atoms with van der Waals surface area (Å²) < 4.78 is 87.7. The van der Waals surface area contributed by atoms with Gasteiger partial charge >= 0.3 is 49.0 Å². The molecule has 0 aliphatic heterocycles. The Morgan fingerprint density at radius 2 is 1.10 bits per heavy atom. The van der Waals surface area contributed by atoms with Gasteiger partial charge in [0.1, 0.15) is 12.6 Å². The van der Waals surface area contributed by atoms with Gasteiger partial charge in [-0.15, -0.1) is 0 Å². The Morgan fingerprint density at radius 1 is 0.620 bits per heavy atom. The maximum absolute atomic E-state index is 11.4. The minimum Gasteiger partial charge on any atom is -0.398 e. The van der Waals surface area contributed by atoms with Crippen molar-refractivity contribution in [2.75, 3.05) is 107 Å². The first-order chi connectivity index (χ1) is 23.2. The molecule has 302 valence electrons. The fourth-order valence-corrected chi connectivity index (χ4v) is 17.0. The van der Waals surface area contributed by atoms with E-state index in [-0.39, 0.29) is 58.1 Å². The van der Waals surface area contributed by atoms with E-state index in [2.05, 4.69) is 5.32 Å². The summed E-state index contributed by atoms with van der Waals surface area (Å²) in [5.74, 6) is 0. The number of nitrogens with two attached hydrogens (primary N) is 1. The van der Waals surface area contributed by atoms with Crippen molar-refractivity contribution < 1.29 is 83.2 Å². The molecule has 0 heterocycles. The average molecular weight is 844 g/mol. The molecule has 0 radical (unpaired) electrons. The third kappa shape index (κ3) is 25.6. The lowest BCUT2D eigenvalue weighted by atomic mass is 10.4. The molecule has 0 fully saturated rings. The van der Waals surface area contributed by atoms with Crippen LogP contribution >= 0.6 is 22.8 Å². The first-order valence-corrected chi connectivity index (χ1v) is 27.6. The topological polar surface area (TPSA) is 297 Å². The van der Waals surface area contributed by atoms with Crippen LogP contribution in [-0.4, -0.2) is 167 Å². The second-order valence-corrected chi connectivity index (χ2v) is 25.9.